The third-order valence-electron chi connectivity index (χ3n) is 1.23. The van der Waals surface area contributed by atoms with Gasteiger partial charge in [0.05, 0.1) is 6.07 Å². The fourth-order valence-electron chi connectivity index (χ4n) is 0.484. The van der Waals surface area contributed by atoms with Crippen molar-refractivity contribution in [1.29, 1.82) is 5.26 Å². The SMILES string of the molecule is CCOCCC(C)(N)C#N. The fourth-order valence-corrected chi connectivity index (χ4v) is 0.484. The molecule has 1 atom stereocenters. The Morgan fingerprint density at radius 3 is 2.70 bits per heavy atom. The quantitative estimate of drug-likeness (QED) is 0.586. The van der Waals surface area contributed by atoms with Gasteiger partial charge in [-0.3, -0.25) is 0 Å². The molecule has 0 aromatic carbocycles. The summed E-state index contributed by atoms with van der Waals surface area (Å²) in [4.78, 5) is 0. The van der Waals surface area contributed by atoms with E-state index >= 15 is 0 Å². The third kappa shape index (κ3) is 4.30. The van der Waals surface area contributed by atoms with Crippen LogP contribution in [0.4, 0.5) is 0 Å². The van der Waals surface area contributed by atoms with Gasteiger partial charge in [-0.15, -0.1) is 0 Å². The Bertz CT molecular complexity index is 126. The molecule has 2 N–H and O–H groups in total. The first-order valence-electron chi connectivity index (χ1n) is 3.40. The van der Waals surface area contributed by atoms with Crippen LogP contribution in [0.3, 0.4) is 0 Å². The molecule has 0 aromatic rings. The second-order valence-corrected chi connectivity index (χ2v) is 2.48. The molecule has 0 spiro atoms. The number of hydrogen-bond acceptors (Lipinski definition) is 3. The van der Waals surface area contributed by atoms with Gasteiger partial charge in [-0.1, -0.05) is 0 Å². The van der Waals surface area contributed by atoms with Gasteiger partial charge in [-0.05, 0) is 13.8 Å². The van der Waals surface area contributed by atoms with Crippen LogP contribution in [-0.2, 0) is 4.74 Å². The summed E-state index contributed by atoms with van der Waals surface area (Å²) in [5, 5.41) is 8.46. The number of rotatable bonds is 4. The lowest BCUT2D eigenvalue weighted by atomic mass is 10.0. The maximum atomic E-state index is 8.46. The Kier molecular flexibility index (Phi) is 4.01. The van der Waals surface area contributed by atoms with Crippen molar-refractivity contribution in [3.05, 3.63) is 0 Å². The normalized spacial score (nSPS) is 15.8. The van der Waals surface area contributed by atoms with E-state index in [0.29, 0.717) is 19.6 Å². The molecule has 3 nitrogen and oxygen atoms in total. The standard InChI is InChI=1S/C7H14N2O/c1-3-10-5-4-7(2,9)6-8/h3-5,9H2,1-2H3. The first kappa shape index (κ1) is 9.41. The maximum absolute atomic E-state index is 8.46. The van der Waals surface area contributed by atoms with Gasteiger partial charge in [-0.2, -0.15) is 5.26 Å². The highest BCUT2D eigenvalue weighted by Crippen LogP contribution is 2.02. The summed E-state index contributed by atoms with van der Waals surface area (Å²) in [6, 6.07) is 2.00. The minimum absolute atomic E-state index is 0.567. The van der Waals surface area contributed by atoms with Crippen molar-refractivity contribution in [1.82, 2.24) is 0 Å². The van der Waals surface area contributed by atoms with E-state index in [-0.39, 0.29) is 0 Å². The topological polar surface area (TPSA) is 59.0 Å². The van der Waals surface area contributed by atoms with Crippen LogP contribution >= 0.6 is 0 Å². The van der Waals surface area contributed by atoms with Crippen LogP contribution in [0.1, 0.15) is 20.3 Å². The van der Waals surface area contributed by atoms with Gasteiger partial charge >= 0.3 is 0 Å². The second kappa shape index (κ2) is 4.26. The lowest BCUT2D eigenvalue weighted by molar-refractivity contribution is 0.135. The zero-order valence-corrected chi connectivity index (χ0v) is 6.55. The number of nitrogens with zero attached hydrogens (tertiary/aromatic N) is 1. The monoisotopic (exact) mass is 142 g/mol. The molecule has 58 valence electrons. The summed E-state index contributed by atoms with van der Waals surface area (Å²) in [5.41, 5.74) is 4.79. The molecule has 0 heterocycles. The number of ether oxygens (including phenoxy) is 1. The molecule has 0 radical (unpaired) electrons. The molecule has 0 aliphatic heterocycles. The van der Waals surface area contributed by atoms with Crippen molar-refractivity contribution in [3.8, 4) is 6.07 Å². The third-order valence-corrected chi connectivity index (χ3v) is 1.23. The van der Waals surface area contributed by atoms with Crippen molar-refractivity contribution in [3.63, 3.8) is 0 Å². The van der Waals surface area contributed by atoms with Gasteiger partial charge in [0.15, 0.2) is 0 Å². The molecule has 0 saturated carbocycles. The molecular weight excluding hydrogens is 128 g/mol. The minimum atomic E-state index is -0.727. The molecule has 1 unspecified atom stereocenters. The zero-order valence-electron chi connectivity index (χ0n) is 6.55. The Morgan fingerprint density at radius 1 is 1.70 bits per heavy atom. The van der Waals surface area contributed by atoms with Crippen molar-refractivity contribution in [2.75, 3.05) is 13.2 Å². The Morgan fingerprint density at radius 2 is 2.30 bits per heavy atom. The fraction of sp³-hybridized carbons (Fsp3) is 0.857. The predicted molar refractivity (Wildman–Crippen MR) is 39.3 cm³/mol. The van der Waals surface area contributed by atoms with Crippen molar-refractivity contribution >= 4 is 0 Å². The van der Waals surface area contributed by atoms with Gasteiger partial charge in [0.2, 0.25) is 0 Å². The van der Waals surface area contributed by atoms with Crippen LogP contribution in [0, 0.1) is 11.3 Å². The first-order chi connectivity index (χ1) is 4.62. The van der Waals surface area contributed by atoms with Gasteiger partial charge in [0, 0.05) is 19.6 Å². The van der Waals surface area contributed by atoms with E-state index < -0.39 is 5.54 Å². The molecule has 0 rings (SSSR count). The van der Waals surface area contributed by atoms with Crippen LogP contribution in [0.15, 0.2) is 0 Å². The highest BCUT2D eigenvalue weighted by atomic mass is 16.5. The van der Waals surface area contributed by atoms with Crippen LogP contribution in [0.25, 0.3) is 0 Å². The summed E-state index contributed by atoms with van der Waals surface area (Å²) in [5.74, 6) is 0. The van der Waals surface area contributed by atoms with E-state index in [1.165, 1.54) is 0 Å². The molecule has 0 aliphatic rings. The van der Waals surface area contributed by atoms with Gasteiger partial charge < -0.3 is 10.5 Å². The Labute approximate surface area is 61.8 Å². The Hall–Kier alpha value is -0.590. The molecule has 0 fully saturated rings. The summed E-state index contributed by atoms with van der Waals surface area (Å²) < 4.78 is 5.04. The number of nitrogens with two attached hydrogens (primary N) is 1. The summed E-state index contributed by atoms with van der Waals surface area (Å²) in [7, 11) is 0. The van der Waals surface area contributed by atoms with E-state index in [1.807, 2.05) is 13.0 Å². The maximum Gasteiger partial charge on any atom is 0.103 e. The molecule has 10 heavy (non-hydrogen) atoms. The first-order valence-corrected chi connectivity index (χ1v) is 3.40. The number of hydrogen-bond donors (Lipinski definition) is 1. The van der Waals surface area contributed by atoms with Crippen molar-refractivity contribution in [2.45, 2.75) is 25.8 Å². The highest BCUT2D eigenvalue weighted by molar-refractivity contribution is 5.00. The average Bonchev–Trinajstić information content (AvgIpc) is 1.89. The van der Waals surface area contributed by atoms with E-state index in [1.54, 1.807) is 6.92 Å². The van der Waals surface area contributed by atoms with E-state index in [9.17, 15) is 0 Å². The summed E-state index contributed by atoms with van der Waals surface area (Å²) in [6.45, 7) is 4.87. The summed E-state index contributed by atoms with van der Waals surface area (Å²) in [6.07, 6.45) is 0.595. The zero-order chi connectivity index (χ0) is 8.04. The smallest absolute Gasteiger partial charge is 0.103 e. The molecule has 0 saturated heterocycles. The van der Waals surface area contributed by atoms with Crippen LogP contribution in [-0.4, -0.2) is 18.8 Å². The van der Waals surface area contributed by atoms with Crippen LogP contribution in [0.2, 0.25) is 0 Å². The minimum Gasteiger partial charge on any atom is -0.382 e. The van der Waals surface area contributed by atoms with E-state index in [4.69, 9.17) is 15.7 Å². The highest BCUT2D eigenvalue weighted by Gasteiger charge is 2.15. The molecule has 3 heteroatoms. The van der Waals surface area contributed by atoms with Crippen molar-refractivity contribution < 1.29 is 4.74 Å². The lowest BCUT2D eigenvalue weighted by Gasteiger charge is -2.13. The van der Waals surface area contributed by atoms with Crippen molar-refractivity contribution in [2.24, 2.45) is 5.73 Å². The molecular formula is C7H14N2O. The van der Waals surface area contributed by atoms with E-state index in [2.05, 4.69) is 0 Å². The van der Waals surface area contributed by atoms with Gasteiger partial charge in [0.25, 0.3) is 0 Å². The molecule has 0 amide bonds. The predicted octanol–water partition coefficient (Wildman–Crippen LogP) is 0.654. The molecule has 0 aliphatic carbocycles. The summed E-state index contributed by atoms with van der Waals surface area (Å²) >= 11 is 0. The molecule has 0 aromatic heterocycles. The van der Waals surface area contributed by atoms with Gasteiger partial charge in [-0.25, -0.2) is 0 Å². The van der Waals surface area contributed by atoms with Crippen LogP contribution < -0.4 is 5.73 Å². The van der Waals surface area contributed by atoms with Gasteiger partial charge in [0.1, 0.15) is 5.54 Å². The van der Waals surface area contributed by atoms with E-state index in [0.717, 1.165) is 0 Å². The number of nitriles is 1. The average molecular weight is 142 g/mol. The lowest BCUT2D eigenvalue weighted by Crippen LogP contribution is -2.35. The van der Waals surface area contributed by atoms with Crippen LogP contribution in [0.5, 0.6) is 0 Å². The largest absolute Gasteiger partial charge is 0.382 e. The molecule has 0 bridgehead atoms. The Balaban J connectivity index is 3.40. The second-order valence-electron chi connectivity index (χ2n) is 2.48.